The SMILES string of the molecule is N#Cc1cc(C#N)cc(-c2ccc3c(c2)c2ccccc2n3-c2cc(-c3ccncc3)c(C#N)cc2-c2ccccc2)c1. The molecule has 0 atom stereocenters. The zero-order valence-electron chi connectivity index (χ0n) is 22.9. The van der Waals surface area contributed by atoms with E-state index in [-0.39, 0.29) is 0 Å². The van der Waals surface area contributed by atoms with Crippen LogP contribution < -0.4 is 0 Å². The van der Waals surface area contributed by atoms with Gasteiger partial charge < -0.3 is 4.57 Å². The number of nitriles is 3. The van der Waals surface area contributed by atoms with Gasteiger partial charge in [0.1, 0.15) is 0 Å². The lowest BCUT2D eigenvalue weighted by Gasteiger charge is -2.17. The quantitative estimate of drug-likeness (QED) is 0.220. The molecule has 0 N–H and O–H groups in total. The molecule has 0 saturated carbocycles. The molecule has 5 nitrogen and oxygen atoms in total. The van der Waals surface area contributed by atoms with Gasteiger partial charge in [-0.25, -0.2) is 0 Å². The third-order valence-corrected chi connectivity index (χ3v) is 7.77. The molecule has 5 heteroatoms. The number of rotatable bonds is 4. The van der Waals surface area contributed by atoms with Crippen molar-refractivity contribution < 1.29 is 0 Å². The molecule has 0 unspecified atom stereocenters. The summed E-state index contributed by atoms with van der Waals surface area (Å²) in [4.78, 5) is 4.18. The monoisotopic (exact) mass is 547 g/mol. The summed E-state index contributed by atoms with van der Waals surface area (Å²) >= 11 is 0. The van der Waals surface area contributed by atoms with Crippen molar-refractivity contribution in [3.63, 3.8) is 0 Å². The van der Waals surface area contributed by atoms with Crippen LogP contribution in [0.4, 0.5) is 0 Å². The minimum Gasteiger partial charge on any atom is -0.309 e. The van der Waals surface area contributed by atoms with Gasteiger partial charge in [-0.1, -0.05) is 54.6 Å². The van der Waals surface area contributed by atoms with Crippen molar-refractivity contribution in [2.75, 3.05) is 0 Å². The van der Waals surface area contributed by atoms with E-state index in [2.05, 4.69) is 70.2 Å². The van der Waals surface area contributed by atoms with E-state index >= 15 is 0 Å². The van der Waals surface area contributed by atoms with Crippen LogP contribution in [0.3, 0.4) is 0 Å². The Morgan fingerprint density at radius 1 is 0.488 bits per heavy atom. The summed E-state index contributed by atoms with van der Waals surface area (Å²) in [7, 11) is 0. The summed E-state index contributed by atoms with van der Waals surface area (Å²) in [5, 5.41) is 31.4. The molecule has 0 aliphatic heterocycles. The Morgan fingerprint density at radius 3 is 1.88 bits per heavy atom. The van der Waals surface area contributed by atoms with Gasteiger partial charge in [-0.3, -0.25) is 4.98 Å². The second-order valence-electron chi connectivity index (χ2n) is 10.2. The maximum atomic E-state index is 10.2. The first-order valence-electron chi connectivity index (χ1n) is 13.7. The van der Waals surface area contributed by atoms with Crippen LogP contribution in [0.15, 0.2) is 128 Å². The molecule has 7 aromatic rings. The highest BCUT2D eigenvalue weighted by molar-refractivity contribution is 6.11. The average molecular weight is 548 g/mol. The second kappa shape index (κ2) is 10.5. The largest absolute Gasteiger partial charge is 0.309 e. The molecule has 0 aliphatic rings. The van der Waals surface area contributed by atoms with Crippen LogP contribution in [0.5, 0.6) is 0 Å². The first-order valence-corrected chi connectivity index (χ1v) is 13.7. The molecular formula is C38H21N5. The predicted molar refractivity (Wildman–Crippen MR) is 169 cm³/mol. The summed E-state index contributed by atoms with van der Waals surface area (Å²) in [6.07, 6.45) is 3.48. The lowest BCUT2D eigenvalue weighted by Crippen LogP contribution is -2.00. The van der Waals surface area contributed by atoms with Crippen molar-refractivity contribution in [2.45, 2.75) is 0 Å². The van der Waals surface area contributed by atoms with Crippen molar-refractivity contribution in [3.05, 3.63) is 144 Å². The van der Waals surface area contributed by atoms with E-state index in [4.69, 9.17) is 0 Å². The van der Waals surface area contributed by atoms with E-state index < -0.39 is 0 Å². The molecule has 0 spiro atoms. The fourth-order valence-corrected chi connectivity index (χ4v) is 5.82. The number of fused-ring (bicyclic) bond motifs is 3. The molecule has 0 saturated heterocycles. The molecule has 2 aromatic heterocycles. The molecule has 2 heterocycles. The Bertz CT molecular complexity index is 2280. The van der Waals surface area contributed by atoms with Crippen LogP contribution in [0.2, 0.25) is 0 Å². The fraction of sp³-hybridized carbons (Fsp3) is 0. The van der Waals surface area contributed by atoms with Gasteiger partial charge in [0, 0.05) is 34.3 Å². The van der Waals surface area contributed by atoms with Crippen LogP contribution in [-0.2, 0) is 0 Å². The van der Waals surface area contributed by atoms with Gasteiger partial charge in [0.15, 0.2) is 0 Å². The van der Waals surface area contributed by atoms with Crippen molar-refractivity contribution in [1.29, 1.82) is 15.8 Å². The molecule has 7 rings (SSSR count). The Kier molecular flexibility index (Phi) is 6.22. The molecule has 0 radical (unpaired) electrons. The number of pyridine rings is 1. The molecule has 0 bridgehead atoms. The van der Waals surface area contributed by atoms with E-state index in [0.717, 1.165) is 60.9 Å². The van der Waals surface area contributed by atoms with E-state index in [1.165, 1.54) is 0 Å². The average Bonchev–Trinajstić information content (AvgIpc) is 3.41. The van der Waals surface area contributed by atoms with Gasteiger partial charge in [-0.05, 0) is 82.9 Å². The summed E-state index contributed by atoms with van der Waals surface area (Å²) in [6.45, 7) is 0. The summed E-state index contributed by atoms with van der Waals surface area (Å²) in [6, 6.07) is 44.6. The third-order valence-electron chi connectivity index (χ3n) is 7.77. The van der Waals surface area contributed by atoms with Crippen molar-refractivity contribution >= 4 is 21.8 Å². The zero-order chi connectivity index (χ0) is 29.3. The molecule has 198 valence electrons. The maximum absolute atomic E-state index is 10.2. The third kappa shape index (κ3) is 4.37. The number of nitrogens with zero attached hydrogens (tertiary/aromatic N) is 5. The number of para-hydroxylation sites is 1. The molecule has 5 aromatic carbocycles. The first-order chi connectivity index (χ1) is 21.2. The Labute approximate surface area is 248 Å². The highest BCUT2D eigenvalue weighted by Gasteiger charge is 2.19. The number of hydrogen-bond donors (Lipinski definition) is 0. The van der Waals surface area contributed by atoms with Crippen molar-refractivity contribution in [2.24, 2.45) is 0 Å². The van der Waals surface area contributed by atoms with Gasteiger partial charge in [0.05, 0.1) is 51.6 Å². The van der Waals surface area contributed by atoms with E-state index in [1.807, 2.05) is 66.7 Å². The van der Waals surface area contributed by atoms with Crippen LogP contribution in [0.25, 0.3) is 60.9 Å². The Morgan fingerprint density at radius 2 is 1.16 bits per heavy atom. The highest BCUT2D eigenvalue weighted by atomic mass is 15.0. The zero-order valence-corrected chi connectivity index (χ0v) is 22.9. The standard InChI is InChI=1S/C38H21N5/c39-22-25-16-26(23-40)18-30(17-25)29-10-11-37-35(19-29)32-8-4-5-9-36(32)43(37)38-21-33(28-12-14-42-15-13-28)31(24-41)20-34(38)27-6-2-1-3-7-27/h1-21H. The van der Waals surface area contributed by atoms with E-state index in [1.54, 1.807) is 18.5 Å². The van der Waals surface area contributed by atoms with Crippen LogP contribution >= 0.6 is 0 Å². The lowest BCUT2D eigenvalue weighted by atomic mass is 9.94. The predicted octanol–water partition coefficient (Wildman–Crippen LogP) is 8.79. The number of hydrogen-bond acceptors (Lipinski definition) is 4. The van der Waals surface area contributed by atoms with Crippen LogP contribution in [0.1, 0.15) is 16.7 Å². The van der Waals surface area contributed by atoms with Crippen molar-refractivity contribution in [1.82, 2.24) is 9.55 Å². The molecule has 0 amide bonds. The minimum absolute atomic E-state index is 0.449. The van der Waals surface area contributed by atoms with Crippen LogP contribution in [-0.4, -0.2) is 9.55 Å². The van der Waals surface area contributed by atoms with Gasteiger partial charge in [-0.2, -0.15) is 15.8 Å². The van der Waals surface area contributed by atoms with E-state index in [9.17, 15) is 15.8 Å². The smallest absolute Gasteiger partial charge is 0.0998 e. The summed E-state index contributed by atoms with van der Waals surface area (Å²) in [5.74, 6) is 0. The topological polar surface area (TPSA) is 89.2 Å². The maximum Gasteiger partial charge on any atom is 0.0998 e. The van der Waals surface area contributed by atoms with E-state index in [0.29, 0.717) is 16.7 Å². The molecule has 0 aliphatic carbocycles. The number of benzene rings is 5. The van der Waals surface area contributed by atoms with Gasteiger partial charge >= 0.3 is 0 Å². The number of aromatic nitrogens is 2. The highest BCUT2D eigenvalue weighted by Crippen LogP contribution is 2.40. The van der Waals surface area contributed by atoms with Gasteiger partial charge in [0.2, 0.25) is 0 Å². The minimum atomic E-state index is 0.449. The lowest BCUT2D eigenvalue weighted by molar-refractivity contribution is 1.18. The second-order valence-corrected chi connectivity index (χ2v) is 10.2. The fourth-order valence-electron chi connectivity index (χ4n) is 5.82. The first kappa shape index (κ1) is 25.5. The molecule has 0 fully saturated rings. The normalized spacial score (nSPS) is 10.7. The molecule has 43 heavy (non-hydrogen) atoms. The Hall–Kier alpha value is -6.48. The summed E-state index contributed by atoms with van der Waals surface area (Å²) < 4.78 is 2.26. The summed E-state index contributed by atoms with van der Waals surface area (Å²) in [5.41, 5.74) is 9.91. The van der Waals surface area contributed by atoms with Gasteiger partial charge in [0.25, 0.3) is 0 Å². The van der Waals surface area contributed by atoms with Crippen LogP contribution in [0, 0.1) is 34.0 Å². The van der Waals surface area contributed by atoms with Gasteiger partial charge in [-0.15, -0.1) is 0 Å². The Balaban J connectivity index is 1.56. The molecular weight excluding hydrogens is 526 g/mol. The van der Waals surface area contributed by atoms with Crippen molar-refractivity contribution in [3.8, 4) is 57.3 Å².